The van der Waals surface area contributed by atoms with Crippen molar-refractivity contribution in [3.05, 3.63) is 51.5 Å². The van der Waals surface area contributed by atoms with Crippen LogP contribution < -0.4 is 5.73 Å². The summed E-state index contributed by atoms with van der Waals surface area (Å²) in [4.78, 5) is 5.54. The van der Waals surface area contributed by atoms with Crippen LogP contribution >= 0.6 is 11.3 Å². The Kier molecular flexibility index (Phi) is 3.14. The minimum absolute atomic E-state index is 0.540. The van der Waals surface area contributed by atoms with Gasteiger partial charge in [0.25, 0.3) is 0 Å². The third-order valence-corrected chi connectivity index (χ3v) is 3.42. The number of nitrogens with zero attached hydrogens (tertiary/aromatic N) is 1. The number of hydrogen-bond acceptors (Lipinski definition) is 3. The Morgan fingerprint density at radius 3 is 2.80 bits per heavy atom. The molecule has 15 heavy (non-hydrogen) atoms. The molecule has 0 aliphatic heterocycles. The van der Waals surface area contributed by atoms with E-state index in [-0.39, 0.29) is 0 Å². The van der Waals surface area contributed by atoms with Crippen LogP contribution in [-0.2, 0) is 13.0 Å². The number of hydrogen-bond donors (Lipinski definition) is 1. The van der Waals surface area contributed by atoms with Gasteiger partial charge in [0, 0.05) is 24.0 Å². The van der Waals surface area contributed by atoms with E-state index >= 15 is 0 Å². The summed E-state index contributed by atoms with van der Waals surface area (Å²) in [5, 5.41) is 1.01. The van der Waals surface area contributed by atoms with Gasteiger partial charge in [-0.2, -0.15) is 0 Å². The first-order chi connectivity index (χ1) is 7.29. The summed E-state index contributed by atoms with van der Waals surface area (Å²) in [7, 11) is 0. The predicted octanol–water partition coefficient (Wildman–Crippen LogP) is 2.50. The van der Waals surface area contributed by atoms with E-state index in [9.17, 15) is 0 Å². The van der Waals surface area contributed by atoms with E-state index in [4.69, 9.17) is 5.73 Å². The molecule has 0 amide bonds. The van der Waals surface area contributed by atoms with Gasteiger partial charge in [0.2, 0.25) is 0 Å². The molecule has 0 saturated heterocycles. The molecule has 1 heterocycles. The molecule has 2 aromatic rings. The summed E-state index contributed by atoms with van der Waals surface area (Å²) in [5.74, 6) is 0. The molecule has 2 rings (SSSR count). The average Bonchev–Trinajstić information content (AvgIpc) is 2.69. The number of rotatable bonds is 3. The van der Waals surface area contributed by atoms with Crippen LogP contribution in [0.3, 0.4) is 0 Å². The van der Waals surface area contributed by atoms with Crippen LogP contribution in [0, 0.1) is 6.92 Å². The van der Waals surface area contributed by atoms with Crippen LogP contribution in [0.5, 0.6) is 0 Å². The molecule has 0 fully saturated rings. The largest absolute Gasteiger partial charge is 0.325 e. The van der Waals surface area contributed by atoms with Gasteiger partial charge in [0.05, 0.1) is 0 Å². The predicted molar refractivity (Wildman–Crippen MR) is 64.0 cm³/mol. The van der Waals surface area contributed by atoms with Crippen LogP contribution in [0.2, 0.25) is 0 Å². The van der Waals surface area contributed by atoms with Crippen molar-refractivity contribution < 1.29 is 0 Å². The van der Waals surface area contributed by atoms with Crippen molar-refractivity contribution in [3.63, 3.8) is 0 Å². The van der Waals surface area contributed by atoms with E-state index in [2.05, 4.69) is 36.2 Å². The van der Waals surface area contributed by atoms with Gasteiger partial charge in [-0.1, -0.05) is 24.3 Å². The second-order valence-corrected chi connectivity index (χ2v) is 4.73. The average molecular weight is 218 g/mol. The van der Waals surface area contributed by atoms with Gasteiger partial charge in [0.15, 0.2) is 0 Å². The van der Waals surface area contributed by atoms with Gasteiger partial charge in [-0.05, 0) is 18.1 Å². The maximum atomic E-state index is 5.53. The highest BCUT2D eigenvalue weighted by Gasteiger charge is 2.03. The second-order valence-electron chi connectivity index (χ2n) is 3.53. The van der Waals surface area contributed by atoms with E-state index < -0.39 is 0 Å². The van der Waals surface area contributed by atoms with Crippen LogP contribution in [0.15, 0.2) is 30.5 Å². The van der Waals surface area contributed by atoms with Crippen molar-refractivity contribution >= 4 is 11.3 Å². The molecule has 1 aromatic heterocycles. The van der Waals surface area contributed by atoms with E-state index in [1.54, 1.807) is 11.3 Å². The molecule has 78 valence electrons. The summed E-state index contributed by atoms with van der Waals surface area (Å²) in [6.45, 7) is 2.68. The van der Waals surface area contributed by atoms with Gasteiger partial charge < -0.3 is 5.73 Å². The van der Waals surface area contributed by atoms with E-state index in [1.165, 1.54) is 16.0 Å². The van der Waals surface area contributed by atoms with Crippen molar-refractivity contribution in [2.24, 2.45) is 5.73 Å². The Balaban J connectivity index is 2.18. The number of aromatic nitrogens is 1. The molecule has 2 N–H and O–H groups in total. The summed E-state index contributed by atoms with van der Waals surface area (Å²) in [6.07, 6.45) is 2.89. The molecule has 0 saturated carbocycles. The topological polar surface area (TPSA) is 38.9 Å². The lowest BCUT2D eigenvalue weighted by Crippen LogP contribution is -1.93. The Labute approximate surface area is 93.8 Å². The van der Waals surface area contributed by atoms with Crippen molar-refractivity contribution in [1.29, 1.82) is 0 Å². The quantitative estimate of drug-likeness (QED) is 0.859. The van der Waals surface area contributed by atoms with E-state index in [0.717, 1.165) is 11.4 Å². The lowest BCUT2D eigenvalue weighted by atomic mass is 10.1. The second kappa shape index (κ2) is 4.55. The minimum Gasteiger partial charge on any atom is -0.325 e. The van der Waals surface area contributed by atoms with Crippen LogP contribution in [0.1, 0.15) is 21.0 Å². The fourth-order valence-electron chi connectivity index (χ4n) is 1.52. The maximum absolute atomic E-state index is 5.53. The highest BCUT2D eigenvalue weighted by Crippen LogP contribution is 2.18. The van der Waals surface area contributed by atoms with Crippen LogP contribution in [0.4, 0.5) is 0 Å². The summed E-state index contributed by atoms with van der Waals surface area (Å²) in [5.41, 5.74) is 8.23. The Bertz CT molecular complexity index is 448. The van der Waals surface area contributed by atoms with E-state index in [1.807, 2.05) is 6.20 Å². The zero-order chi connectivity index (χ0) is 10.7. The maximum Gasteiger partial charge on any atom is 0.106 e. The lowest BCUT2D eigenvalue weighted by Gasteiger charge is -2.02. The molecule has 2 nitrogen and oxygen atoms in total. The Morgan fingerprint density at radius 2 is 2.13 bits per heavy atom. The highest BCUT2D eigenvalue weighted by molar-refractivity contribution is 7.11. The molecule has 0 bridgehead atoms. The number of nitrogens with two attached hydrogens (primary N) is 1. The van der Waals surface area contributed by atoms with Crippen LogP contribution in [0.25, 0.3) is 0 Å². The summed E-state index contributed by atoms with van der Waals surface area (Å²) >= 11 is 1.70. The Hall–Kier alpha value is -1.19. The first kappa shape index (κ1) is 10.3. The molecule has 0 radical (unpaired) electrons. The summed E-state index contributed by atoms with van der Waals surface area (Å²) < 4.78 is 0. The monoisotopic (exact) mass is 218 g/mol. The zero-order valence-corrected chi connectivity index (χ0v) is 9.55. The molecule has 3 heteroatoms. The SMILES string of the molecule is Cc1ccccc1Cc1cnc(CN)s1. The van der Waals surface area contributed by atoms with Gasteiger partial charge in [-0.3, -0.25) is 0 Å². The van der Waals surface area contributed by atoms with Crippen LogP contribution in [-0.4, -0.2) is 4.98 Å². The van der Waals surface area contributed by atoms with E-state index in [0.29, 0.717) is 6.54 Å². The fraction of sp³-hybridized carbons (Fsp3) is 0.250. The zero-order valence-electron chi connectivity index (χ0n) is 8.73. The molecule has 0 unspecified atom stereocenters. The first-order valence-corrected chi connectivity index (χ1v) is 5.79. The third-order valence-electron chi connectivity index (χ3n) is 2.40. The van der Waals surface area contributed by atoms with Crippen molar-refractivity contribution in [3.8, 4) is 0 Å². The number of benzene rings is 1. The smallest absolute Gasteiger partial charge is 0.106 e. The van der Waals surface area contributed by atoms with Crippen molar-refractivity contribution in [1.82, 2.24) is 4.98 Å². The van der Waals surface area contributed by atoms with Gasteiger partial charge in [-0.15, -0.1) is 11.3 Å². The molecule has 0 aliphatic rings. The Morgan fingerprint density at radius 1 is 1.33 bits per heavy atom. The summed E-state index contributed by atoms with van der Waals surface area (Å²) in [6, 6.07) is 8.45. The normalized spacial score (nSPS) is 10.5. The molecular formula is C12H14N2S. The molecule has 0 spiro atoms. The lowest BCUT2D eigenvalue weighted by molar-refractivity contribution is 1.04. The van der Waals surface area contributed by atoms with Crippen molar-refractivity contribution in [2.45, 2.75) is 19.9 Å². The third kappa shape index (κ3) is 2.43. The molecular weight excluding hydrogens is 204 g/mol. The van der Waals surface area contributed by atoms with Gasteiger partial charge >= 0.3 is 0 Å². The van der Waals surface area contributed by atoms with Gasteiger partial charge in [0.1, 0.15) is 5.01 Å². The highest BCUT2D eigenvalue weighted by atomic mass is 32.1. The first-order valence-electron chi connectivity index (χ1n) is 4.97. The molecule has 0 aliphatic carbocycles. The molecule has 1 aromatic carbocycles. The number of aryl methyl sites for hydroxylation is 1. The number of thiazole rings is 1. The molecule has 0 atom stereocenters. The fourth-order valence-corrected chi connectivity index (χ4v) is 2.34. The van der Waals surface area contributed by atoms with Crippen molar-refractivity contribution in [2.75, 3.05) is 0 Å². The minimum atomic E-state index is 0.540. The van der Waals surface area contributed by atoms with Gasteiger partial charge in [-0.25, -0.2) is 4.98 Å². The standard InChI is InChI=1S/C12H14N2S/c1-9-4-2-3-5-10(9)6-11-8-14-12(7-13)15-11/h2-5,8H,6-7,13H2,1H3.